The molecule has 1 N–H and O–H groups in total. The van der Waals surface area contributed by atoms with Gasteiger partial charge in [0.1, 0.15) is 5.82 Å². The molecule has 0 aliphatic carbocycles. The van der Waals surface area contributed by atoms with Crippen LogP contribution in [0.2, 0.25) is 0 Å². The van der Waals surface area contributed by atoms with E-state index in [9.17, 15) is 4.39 Å². The lowest BCUT2D eigenvalue weighted by atomic mass is 10.1. The average molecular weight is 308 g/mol. The predicted molar refractivity (Wildman–Crippen MR) is 77.3 cm³/mol. The van der Waals surface area contributed by atoms with Gasteiger partial charge in [-0.15, -0.1) is 0 Å². The molecule has 0 aliphatic rings. The van der Waals surface area contributed by atoms with Crippen LogP contribution in [0, 0.1) is 12.7 Å². The fraction of sp³-hybridized carbons (Fsp3) is 0.200. The Labute approximate surface area is 115 Å². The molecule has 0 spiro atoms. The van der Waals surface area contributed by atoms with E-state index in [0.29, 0.717) is 0 Å². The molecular formula is C15H15BrFN. The number of nitrogens with one attached hydrogen (secondary N) is 1. The van der Waals surface area contributed by atoms with Gasteiger partial charge in [0.25, 0.3) is 0 Å². The third-order valence-electron chi connectivity index (χ3n) is 2.77. The van der Waals surface area contributed by atoms with Crippen molar-refractivity contribution < 1.29 is 4.39 Å². The molecule has 0 amide bonds. The van der Waals surface area contributed by atoms with Gasteiger partial charge in [0, 0.05) is 16.2 Å². The number of hydrogen-bond donors (Lipinski definition) is 1. The number of anilines is 1. The summed E-state index contributed by atoms with van der Waals surface area (Å²) in [6, 6.07) is 12.9. The van der Waals surface area contributed by atoms with Gasteiger partial charge in [-0.3, -0.25) is 0 Å². The van der Waals surface area contributed by atoms with E-state index in [0.717, 1.165) is 15.7 Å². The summed E-state index contributed by atoms with van der Waals surface area (Å²) in [6.45, 7) is 4.06. The van der Waals surface area contributed by atoms with Crippen molar-refractivity contribution in [3.63, 3.8) is 0 Å². The van der Waals surface area contributed by atoms with Crippen LogP contribution < -0.4 is 5.32 Å². The first-order chi connectivity index (χ1) is 8.54. The monoisotopic (exact) mass is 307 g/mol. The Morgan fingerprint density at radius 2 is 1.94 bits per heavy atom. The fourth-order valence-electron chi connectivity index (χ4n) is 1.93. The second-order valence-electron chi connectivity index (χ2n) is 4.44. The van der Waals surface area contributed by atoms with Crippen molar-refractivity contribution in [2.75, 3.05) is 5.32 Å². The average Bonchev–Trinajstić information content (AvgIpc) is 2.27. The SMILES string of the molecule is Cc1cc(Br)cc(NC(C)c2cccc(F)c2)c1. The minimum atomic E-state index is -0.202. The maximum absolute atomic E-state index is 13.2. The lowest BCUT2D eigenvalue weighted by Crippen LogP contribution is -2.06. The summed E-state index contributed by atoms with van der Waals surface area (Å²) in [6.07, 6.45) is 0. The fourth-order valence-corrected chi connectivity index (χ4v) is 2.54. The van der Waals surface area contributed by atoms with Crippen molar-refractivity contribution in [1.82, 2.24) is 0 Å². The number of rotatable bonds is 3. The summed E-state index contributed by atoms with van der Waals surface area (Å²) in [5, 5.41) is 3.37. The summed E-state index contributed by atoms with van der Waals surface area (Å²) in [5.41, 5.74) is 3.14. The quantitative estimate of drug-likeness (QED) is 0.834. The number of halogens is 2. The van der Waals surface area contributed by atoms with Crippen LogP contribution in [0.4, 0.5) is 10.1 Å². The van der Waals surface area contributed by atoms with Gasteiger partial charge in [0.05, 0.1) is 0 Å². The molecule has 2 rings (SSSR count). The first-order valence-corrected chi connectivity index (χ1v) is 6.63. The maximum Gasteiger partial charge on any atom is 0.123 e. The van der Waals surface area contributed by atoms with Crippen molar-refractivity contribution in [3.8, 4) is 0 Å². The molecule has 0 aromatic heterocycles. The van der Waals surface area contributed by atoms with Crippen LogP contribution >= 0.6 is 15.9 Å². The van der Waals surface area contributed by atoms with Gasteiger partial charge in [0.2, 0.25) is 0 Å². The molecule has 2 aromatic rings. The number of hydrogen-bond acceptors (Lipinski definition) is 1. The van der Waals surface area contributed by atoms with E-state index in [1.54, 1.807) is 12.1 Å². The molecule has 1 atom stereocenters. The van der Waals surface area contributed by atoms with Gasteiger partial charge in [-0.25, -0.2) is 4.39 Å². The lowest BCUT2D eigenvalue weighted by molar-refractivity contribution is 0.623. The van der Waals surface area contributed by atoms with Crippen molar-refractivity contribution in [2.45, 2.75) is 19.9 Å². The largest absolute Gasteiger partial charge is 0.378 e. The zero-order chi connectivity index (χ0) is 13.1. The van der Waals surface area contributed by atoms with Crippen molar-refractivity contribution in [3.05, 3.63) is 63.9 Å². The highest BCUT2D eigenvalue weighted by atomic mass is 79.9. The molecule has 0 aliphatic heterocycles. The van der Waals surface area contributed by atoms with Gasteiger partial charge >= 0.3 is 0 Å². The Balaban J connectivity index is 2.18. The molecule has 0 saturated heterocycles. The summed E-state index contributed by atoms with van der Waals surface area (Å²) in [5.74, 6) is -0.202. The minimum absolute atomic E-state index is 0.0643. The molecule has 18 heavy (non-hydrogen) atoms. The third-order valence-corrected chi connectivity index (χ3v) is 3.23. The zero-order valence-electron chi connectivity index (χ0n) is 10.4. The first kappa shape index (κ1) is 13.1. The standard InChI is InChI=1S/C15H15BrFN/c1-10-6-13(16)9-15(7-10)18-11(2)12-4-3-5-14(17)8-12/h3-9,11,18H,1-2H3. The van der Waals surface area contributed by atoms with E-state index in [1.165, 1.54) is 11.6 Å². The molecular weight excluding hydrogens is 293 g/mol. The molecule has 0 heterocycles. The highest BCUT2D eigenvalue weighted by Gasteiger charge is 2.06. The second-order valence-corrected chi connectivity index (χ2v) is 5.35. The van der Waals surface area contributed by atoms with Crippen LogP contribution in [-0.2, 0) is 0 Å². The number of benzene rings is 2. The van der Waals surface area contributed by atoms with Crippen molar-refractivity contribution >= 4 is 21.6 Å². The minimum Gasteiger partial charge on any atom is -0.378 e. The topological polar surface area (TPSA) is 12.0 Å². The van der Waals surface area contributed by atoms with E-state index in [2.05, 4.69) is 33.4 Å². The highest BCUT2D eigenvalue weighted by Crippen LogP contribution is 2.24. The lowest BCUT2D eigenvalue weighted by Gasteiger charge is -2.16. The van der Waals surface area contributed by atoms with Crippen LogP contribution in [-0.4, -0.2) is 0 Å². The Hall–Kier alpha value is -1.35. The smallest absolute Gasteiger partial charge is 0.123 e. The summed E-state index contributed by atoms with van der Waals surface area (Å²) >= 11 is 3.47. The Kier molecular flexibility index (Phi) is 4.02. The summed E-state index contributed by atoms with van der Waals surface area (Å²) in [4.78, 5) is 0. The normalized spacial score (nSPS) is 12.2. The van der Waals surface area contributed by atoms with Gasteiger partial charge in [0.15, 0.2) is 0 Å². The Morgan fingerprint density at radius 1 is 1.17 bits per heavy atom. The first-order valence-electron chi connectivity index (χ1n) is 5.84. The molecule has 2 aromatic carbocycles. The van der Waals surface area contributed by atoms with Crippen LogP contribution in [0.5, 0.6) is 0 Å². The third kappa shape index (κ3) is 3.33. The molecule has 1 unspecified atom stereocenters. The summed E-state index contributed by atoms with van der Waals surface area (Å²) < 4.78 is 14.2. The highest BCUT2D eigenvalue weighted by molar-refractivity contribution is 9.10. The maximum atomic E-state index is 13.2. The Bertz CT molecular complexity index is 534. The Morgan fingerprint density at radius 3 is 2.61 bits per heavy atom. The van der Waals surface area contributed by atoms with Crippen LogP contribution in [0.3, 0.4) is 0 Å². The van der Waals surface area contributed by atoms with Crippen LogP contribution in [0.1, 0.15) is 24.1 Å². The predicted octanol–water partition coefficient (Wildman–Crippen LogP) is 5.07. The molecule has 94 valence electrons. The molecule has 0 radical (unpaired) electrons. The van der Waals surface area contributed by atoms with E-state index < -0.39 is 0 Å². The zero-order valence-corrected chi connectivity index (χ0v) is 12.0. The van der Waals surface area contributed by atoms with E-state index in [-0.39, 0.29) is 11.9 Å². The molecule has 0 bridgehead atoms. The van der Waals surface area contributed by atoms with Gasteiger partial charge in [-0.2, -0.15) is 0 Å². The van der Waals surface area contributed by atoms with Gasteiger partial charge in [-0.1, -0.05) is 28.1 Å². The van der Waals surface area contributed by atoms with E-state index in [1.807, 2.05) is 26.0 Å². The van der Waals surface area contributed by atoms with Crippen LogP contribution in [0.15, 0.2) is 46.9 Å². The van der Waals surface area contributed by atoms with Gasteiger partial charge < -0.3 is 5.32 Å². The van der Waals surface area contributed by atoms with Crippen molar-refractivity contribution in [2.24, 2.45) is 0 Å². The second kappa shape index (κ2) is 5.53. The molecule has 0 saturated carbocycles. The molecule has 3 heteroatoms. The van der Waals surface area contributed by atoms with Crippen molar-refractivity contribution in [1.29, 1.82) is 0 Å². The number of aryl methyl sites for hydroxylation is 1. The van der Waals surface area contributed by atoms with E-state index in [4.69, 9.17) is 0 Å². The molecule has 0 fully saturated rings. The van der Waals surface area contributed by atoms with E-state index >= 15 is 0 Å². The molecule has 1 nitrogen and oxygen atoms in total. The van der Waals surface area contributed by atoms with Gasteiger partial charge in [-0.05, 0) is 55.3 Å². The summed E-state index contributed by atoms with van der Waals surface area (Å²) in [7, 11) is 0. The van der Waals surface area contributed by atoms with Crippen LogP contribution in [0.25, 0.3) is 0 Å².